The van der Waals surface area contributed by atoms with E-state index in [2.05, 4.69) is 11.6 Å². The van der Waals surface area contributed by atoms with Gasteiger partial charge in [-0.05, 0) is 29.7 Å². The lowest BCUT2D eigenvalue weighted by atomic mass is 10.2. The van der Waals surface area contributed by atoms with E-state index in [0.717, 1.165) is 23.0 Å². The van der Waals surface area contributed by atoms with Gasteiger partial charge in [0.1, 0.15) is 5.82 Å². The van der Waals surface area contributed by atoms with E-state index >= 15 is 0 Å². The van der Waals surface area contributed by atoms with Crippen LogP contribution >= 0.6 is 0 Å². The van der Waals surface area contributed by atoms with Crippen molar-refractivity contribution in [3.63, 3.8) is 0 Å². The Labute approximate surface area is 75.9 Å². The van der Waals surface area contributed by atoms with Gasteiger partial charge in [0.05, 0.1) is 0 Å². The van der Waals surface area contributed by atoms with Gasteiger partial charge in [-0.1, -0.05) is 6.08 Å². The Kier molecular flexibility index (Phi) is 1.89. The summed E-state index contributed by atoms with van der Waals surface area (Å²) in [5, 5.41) is 1.04. The van der Waals surface area contributed by atoms with E-state index < -0.39 is 0 Å². The minimum absolute atomic E-state index is 0.209. The molecule has 0 bridgehead atoms. The van der Waals surface area contributed by atoms with Crippen LogP contribution in [0, 0.1) is 5.82 Å². The topological polar surface area (TPSA) is 15.8 Å². The molecule has 1 aromatic carbocycles. The standard InChI is InChI=1S/C11H10FN/c1-2-3-10-6-8-4-5-9(12)7-11(8)13-10/h2,4-7,13H,1,3H2. The molecule has 1 N–H and O–H groups in total. The van der Waals surface area contributed by atoms with Crippen LogP contribution in [0.4, 0.5) is 4.39 Å². The molecule has 0 spiro atoms. The zero-order chi connectivity index (χ0) is 9.26. The highest BCUT2D eigenvalue weighted by Gasteiger charge is 1.99. The summed E-state index contributed by atoms with van der Waals surface area (Å²) < 4.78 is 12.8. The largest absolute Gasteiger partial charge is 0.358 e. The zero-order valence-corrected chi connectivity index (χ0v) is 7.18. The van der Waals surface area contributed by atoms with E-state index in [4.69, 9.17) is 0 Å². The normalized spacial score (nSPS) is 10.5. The third kappa shape index (κ3) is 1.47. The molecule has 13 heavy (non-hydrogen) atoms. The number of nitrogens with one attached hydrogen (secondary N) is 1. The summed E-state index contributed by atoms with van der Waals surface area (Å²) in [5.74, 6) is -0.209. The zero-order valence-electron chi connectivity index (χ0n) is 7.18. The van der Waals surface area contributed by atoms with Crippen molar-refractivity contribution in [3.05, 3.63) is 48.4 Å². The molecule has 0 unspecified atom stereocenters. The van der Waals surface area contributed by atoms with Gasteiger partial charge in [0, 0.05) is 17.6 Å². The number of halogens is 1. The third-order valence-corrected chi connectivity index (χ3v) is 2.00. The highest BCUT2D eigenvalue weighted by molar-refractivity contribution is 5.80. The van der Waals surface area contributed by atoms with E-state index in [-0.39, 0.29) is 5.82 Å². The molecule has 0 aliphatic heterocycles. The molecule has 1 heterocycles. The Morgan fingerprint density at radius 2 is 2.23 bits per heavy atom. The first-order chi connectivity index (χ1) is 6.29. The molecular formula is C11H10FN. The lowest BCUT2D eigenvalue weighted by Gasteiger charge is -1.88. The van der Waals surface area contributed by atoms with Crippen molar-refractivity contribution >= 4 is 10.9 Å². The Bertz CT molecular complexity index is 442. The van der Waals surface area contributed by atoms with Crippen LogP contribution in [0.5, 0.6) is 0 Å². The average molecular weight is 175 g/mol. The van der Waals surface area contributed by atoms with E-state index in [1.54, 1.807) is 6.07 Å². The molecule has 0 atom stereocenters. The second kappa shape index (κ2) is 3.05. The molecule has 1 aromatic heterocycles. The molecule has 0 radical (unpaired) electrons. The van der Waals surface area contributed by atoms with Gasteiger partial charge in [0.2, 0.25) is 0 Å². The Hall–Kier alpha value is -1.57. The van der Waals surface area contributed by atoms with Crippen LogP contribution in [-0.2, 0) is 6.42 Å². The Morgan fingerprint density at radius 3 is 3.00 bits per heavy atom. The van der Waals surface area contributed by atoms with Gasteiger partial charge in [-0.25, -0.2) is 4.39 Å². The molecule has 1 nitrogen and oxygen atoms in total. The third-order valence-electron chi connectivity index (χ3n) is 2.00. The van der Waals surface area contributed by atoms with E-state index in [0.29, 0.717) is 0 Å². The summed E-state index contributed by atoms with van der Waals surface area (Å²) in [6.07, 6.45) is 2.61. The van der Waals surface area contributed by atoms with Crippen LogP contribution in [0.2, 0.25) is 0 Å². The molecule has 0 aliphatic carbocycles. The van der Waals surface area contributed by atoms with E-state index in [1.807, 2.05) is 12.1 Å². The Balaban J connectivity index is 2.55. The number of allylic oxidation sites excluding steroid dienone is 1. The molecule has 2 heteroatoms. The molecule has 0 aliphatic rings. The summed E-state index contributed by atoms with van der Waals surface area (Å²) in [6, 6.07) is 6.75. The van der Waals surface area contributed by atoms with Crippen molar-refractivity contribution in [2.24, 2.45) is 0 Å². The molecule has 0 amide bonds. The van der Waals surface area contributed by atoms with Crippen LogP contribution < -0.4 is 0 Å². The first-order valence-electron chi connectivity index (χ1n) is 4.17. The molecule has 2 aromatic rings. The predicted octanol–water partition coefficient (Wildman–Crippen LogP) is 3.04. The fraction of sp³-hybridized carbons (Fsp3) is 0.0909. The lowest BCUT2D eigenvalue weighted by molar-refractivity contribution is 0.629. The lowest BCUT2D eigenvalue weighted by Crippen LogP contribution is -1.77. The van der Waals surface area contributed by atoms with Crippen LogP contribution in [0.1, 0.15) is 5.69 Å². The summed E-state index contributed by atoms with van der Waals surface area (Å²) in [5.41, 5.74) is 1.91. The highest BCUT2D eigenvalue weighted by atomic mass is 19.1. The SMILES string of the molecule is C=CCc1cc2ccc(F)cc2[nH]1. The molecule has 0 saturated heterocycles. The van der Waals surface area contributed by atoms with Crippen LogP contribution in [0.25, 0.3) is 10.9 Å². The summed E-state index contributed by atoms with van der Waals surface area (Å²) >= 11 is 0. The summed E-state index contributed by atoms with van der Waals surface area (Å²) in [7, 11) is 0. The van der Waals surface area contributed by atoms with E-state index in [1.165, 1.54) is 12.1 Å². The molecule has 0 saturated carbocycles. The van der Waals surface area contributed by atoms with Crippen molar-refractivity contribution in [2.45, 2.75) is 6.42 Å². The van der Waals surface area contributed by atoms with Crippen LogP contribution in [0.15, 0.2) is 36.9 Å². The van der Waals surface area contributed by atoms with Crippen LogP contribution in [0.3, 0.4) is 0 Å². The van der Waals surface area contributed by atoms with Crippen molar-refractivity contribution < 1.29 is 4.39 Å². The maximum atomic E-state index is 12.8. The van der Waals surface area contributed by atoms with Gasteiger partial charge in [-0.3, -0.25) is 0 Å². The molecule has 66 valence electrons. The number of aromatic nitrogens is 1. The number of rotatable bonds is 2. The second-order valence-corrected chi connectivity index (χ2v) is 3.02. The average Bonchev–Trinajstić information content (AvgIpc) is 2.46. The van der Waals surface area contributed by atoms with Crippen LogP contribution in [-0.4, -0.2) is 4.98 Å². The fourth-order valence-corrected chi connectivity index (χ4v) is 1.42. The van der Waals surface area contributed by atoms with Gasteiger partial charge < -0.3 is 4.98 Å². The first kappa shape index (κ1) is 8.05. The van der Waals surface area contributed by atoms with Gasteiger partial charge in [-0.2, -0.15) is 0 Å². The monoisotopic (exact) mass is 175 g/mol. The number of hydrogen-bond acceptors (Lipinski definition) is 0. The first-order valence-corrected chi connectivity index (χ1v) is 4.17. The number of fused-ring (bicyclic) bond motifs is 1. The molecule has 0 fully saturated rings. The van der Waals surface area contributed by atoms with Gasteiger partial charge >= 0.3 is 0 Å². The van der Waals surface area contributed by atoms with Crippen molar-refractivity contribution in [2.75, 3.05) is 0 Å². The quantitative estimate of drug-likeness (QED) is 0.675. The minimum atomic E-state index is -0.209. The smallest absolute Gasteiger partial charge is 0.125 e. The van der Waals surface area contributed by atoms with Crippen molar-refractivity contribution in [3.8, 4) is 0 Å². The van der Waals surface area contributed by atoms with Crippen molar-refractivity contribution in [1.82, 2.24) is 4.98 Å². The van der Waals surface area contributed by atoms with Gasteiger partial charge in [0.25, 0.3) is 0 Å². The minimum Gasteiger partial charge on any atom is -0.358 e. The molecule has 2 rings (SSSR count). The number of aromatic amines is 1. The molecular weight excluding hydrogens is 165 g/mol. The number of H-pyrrole nitrogens is 1. The summed E-state index contributed by atoms with van der Waals surface area (Å²) in [6.45, 7) is 3.65. The van der Waals surface area contributed by atoms with Crippen molar-refractivity contribution in [1.29, 1.82) is 0 Å². The highest BCUT2D eigenvalue weighted by Crippen LogP contribution is 2.16. The maximum absolute atomic E-state index is 12.8. The predicted molar refractivity (Wildman–Crippen MR) is 52.2 cm³/mol. The van der Waals surface area contributed by atoms with E-state index in [9.17, 15) is 4.39 Å². The summed E-state index contributed by atoms with van der Waals surface area (Å²) in [4.78, 5) is 3.13. The second-order valence-electron chi connectivity index (χ2n) is 3.02. The fourth-order valence-electron chi connectivity index (χ4n) is 1.42. The maximum Gasteiger partial charge on any atom is 0.125 e. The number of hydrogen-bond donors (Lipinski definition) is 1. The van der Waals surface area contributed by atoms with Gasteiger partial charge in [-0.15, -0.1) is 6.58 Å². The number of benzene rings is 1. The Morgan fingerprint density at radius 1 is 1.38 bits per heavy atom. The van der Waals surface area contributed by atoms with Gasteiger partial charge in [0.15, 0.2) is 0 Å².